The van der Waals surface area contributed by atoms with Crippen LogP contribution in [-0.2, 0) is 4.79 Å². The van der Waals surface area contributed by atoms with Gasteiger partial charge in [0.2, 0.25) is 0 Å². The Hall–Kier alpha value is -0.830. The highest BCUT2D eigenvalue weighted by molar-refractivity contribution is 5.79. The SMILES string of the molecule is O=C(O)C=CC1CCNCC1. The van der Waals surface area contributed by atoms with Crippen molar-refractivity contribution in [1.82, 2.24) is 5.32 Å². The molecule has 1 heterocycles. The van der Waals surface area contributed by atoms with Crippen LogP contribution in [0.3, 0.4) is 0 Å². The molecular formula is C8H13NO2. The summed E-state index contributed by atoms with van der Waals surface area (Å²) >= 11 is 0. The largest absolute Gasteiger partial charge is 0.478 e. The van der Waals surface area contributed by atoms with Crippen LogP contribution in [0, 0.1) is 5.92 Å². The molecule has 1 rings (SSSR count). The fraction of sp³-hybridized carbons (Fsp3) is 0.625. The number of piperidine rings is 1. The van der Waals surface area contributed by atoms with E-state index in [9.17, 15) is 4.79 Å². The highest BCUT2D eigenvalue weighted by atomic mass is 16.4. The fourth-order valence-corrected chi connectivity index (χ4v) is 1.26. The number of hydrogen-bond donors (Lipinski definition) is 2. The molecule has 0 atom stereocenters. The van der Waals surface area contributed by atoms with E-state index in [1.54, 1.807) is 6.08 Å². The van der Waals surface area contributed by atoms with Gasteiger partial charge in [-0.2, -0.15) is 0 Å². The van der Waals surface area contributed by atoms with Crippen LogP contribution in [-0.4, -0.2) is 24.2 Å². The molecule has 3 nitrogen and oxygen atoms in total. The van der Waals surface area contributed by atoms with E-state index in [-0.39, 0.29) is 0 Å². The summed E-state index contributed by atoms with van der Waals surface area (Å²) in [7, 11) is 0. The number of carbonyl (C=O) groups is 1. The van der Waals surface area contributed by atoms with Crippen molar-refractivity contribution >= 4 is 5.97 Å². The van der Waals surface area contributed by atoms with Gasteiger partial charge in [0.15, 0.2) is 0 Å². The van der Waals surface area contributed by atoms with Gasteiger partial charge in [0.05, 0.1) is 0 Å². The molecule has 1 saturated heterocycles. The summed E-state index contributed by atoms with van der Waals surface area (Å²) in [6, 6.07) is 0. The summed E-state index contributed by atoms with van der Waals surface area (Å²) < 4.78 is 0. The quantitative estimate of drug-likeness (QED) is 0.575. The lowest BCUT2D eigenvalue weighted by Gasteiger charge is -2.18. The van der Waals surface area contributed by atoms with Gasteiger partial charge in [0, 0.05) is 6.08 Å². The van der Waals surface area contributed by atoms with Crippen molar-refractivity contribution in [1.29, 1.82) is 0 Å². The molecule has 0 saturated carbocycles. The van der Waals surface area contributed by atoms with Crippen LogP contribution in [0.2, 0.25) is 0 Å². The van der Waals surface area contributed by atoms with Crippen molar-refractivity contribution in [2.24, 2.45) is 5.92 Å². The second-order valence-corrected chi connectivity index (χ2v) is 2.78. The minimum atomic E-state index is -0.844. The van der Waals surface area contributed by atoms with E-state index in [0.29, 0.717) is 5.92 Å². The average molecular weight is 155 g/mol. The minimum Gasteiger partial charge on any atom is -0.478 e. The van der Waals surface area contributed by atoms with E-state index in [2.05, 4.69) is 5.32 Å². The van der Waals surface area contributed by atoms with Gasteiger partial charge in [-0.1, -0.05) is 6.08 Å². The van der Waals surface area contributed by atoms with Crippen molar-refractivity contribution in [2.45, 2.75) is 12.8 Å². The number of allylic oxidation sites excluding steroid dienone is 1. The van der Waals surface area contributed by atoms with Gasteiger partial charge in [-0.3, -0.25) is 0 Å². The first-order valence-corrected chi connectivity index (χ1v) is 3.91. The zero-order chi connectivity index (χ0) is 8.10. The topological polar surface area (TPSA) is 49.3 Å². The van der Waals surface area contributed by atoms with Crippen molar-refractivity contribution in [3.8, 4) is 0 Å². The van der Waals surface area contributed by atoms with E-state index in [1.807, 2.05) is 0 Å². The molecule has 11 heavy (non-hydrogen) atoms. The summed E-state index contributed by atoms with van der Waals surface area (Å²) in [4.78, 5) is 10.1. The molecule has 0 aromatic carbocycles. The van der Waals surface area contributed by atoms with Crippen molar-refractivity contribution < 1.29 is 9.90 Å². The molecule has 0 spiro atoms. The minimum absolute atomic E-state index is 0.465. The van der Waals surface area contributed by atoms with Gasteiger partial charge in [0.1, 0.15) is 0 Å². The lowest BCUT2D eigenvalue weighted by molar-refractivity contribution is -0.131. The molecule has 0 amide bonds. The molecule has 62 valence electrons. The summed E-state index contributed by atoms with van der Waals surface area (Å²) in [5, 5.41) is 11.6. The molecule has 0 unspecified atom stereocenters. The van der Waals surface area contributed by atoms with E-state index in [1.165, 1.54) is 6.08 Å². The van der Waals surface area contributed by atoms with Crippen LogP contribution < -0.4 is 5.32 Å². The lowest BCUT2D eigenvalue weighted by atomic mass is 9.98. The maximum atomic E-state index is 10.1. The molecule has 2 N–H and O–H groups in total. The first-order chi connectivity index (χ1) is 5.29. The number of hydrogen-bond acceptors (Lipinski definition) is 2. The summed E-state index contributed by atoms with van der Waals surface area (Å²) in [6.45, 7) is 2.02. The summed E-state index contributed by atoms with van der Waals surface area (Å²) in [5.74, 6) is -0.379. The maximum Gasteiger partial charge on any atom is 0.327 e. The number of rotatable bonds is 2. The third-order valence-electron chi connectivity index (χ3n) is 1.89. The first kappa shape index (κ1) is 8.27. The van der Waals surface area contributed by atoms with Gasteiger partial charge in [-0.25, -0.2) is 4.79 Å². The third kappa shape index (κ3) is 3.18. The number of carboxylic acids is 1. The molecule has 0 aromatic heterocycles. The second kappa shape index (κ2) is 4.13. The van der Waals surface area contributed by atoms with Crippen LogP contribution in [0.4, 0.5) is 0 Å². The Kier molecular flexibility index (Phi) is 3.11. The van der Waals surface area contributed by atoms with Crippen LogP contribution in [0.1, 0.15) is 12.8 Å². The molecule has 0 aromatic rings. The van der Waals surface area contributed by atoms with Crippen LogP contribution in [0.25, 0.3) is 0 Å². The summed E-state index contributed by atoms with van der Waals surface area (Å²) in [6.07, 6.45) is 5.16. The van der Waals surface area contributed by atoms with Gasteiger partial charge >= 0.3 is 5.97 Å². The maximum absolute atomic E-state index is 10.1. The summed E-state index contributed by atoms with van der Waals surface area (Å²) in [5.41, 5.74) is 0. The molecule has 3 heteroatoms. The van der Waals surface area contributed by atoms with Gasteiger partial charge in [-0.15, -0.1) is 0 Å². The van der Waals surface area contributed by atoms with Crippen LogP contribution in [0.5, 0.6) is 0 Å². The Morgan fingerprint density at radius 1 is 1.45 bits per heavy atom. The lowest BCUT2D eigenvalue weighted by Crippen LogP contribution is -2.26. The van der Waals surface area contributed by atoms with E-state index in [4.69, 9.17) is 5.11 Å². The molecule has 0 radical (unpaired) electrons. The van der Waals surface area contributed by atoms with E-state index >= 15 is 0 Å². The standard InChI is InChI=1S/C8H13NO2/c10-8(11)2-1-7-3-5-9-6-4-7/h1-2,7,9H,3-6H2,(H,10,11). The predicted octanol–water partition coefficient (Wildman–Crippen LogP) is 0.627. The van der Waals surface area contributed by atoms with Crippen molar-refractivity contribution in [3.05, 3.63) is 12.2 Å². The van der Waals surface area contributed by atoms with Crippen LogP contribution in [0.15, 0.2) is 12.2 Å². The van der Waals surface area contributed by atoms with Crippen LogP contribution >= 0.6 is 0 Å². The van der Waals surface area contributed by atoms with Crippen molar-refractivity contribution in [2.75, 3.05) is 13.1 Å². The van der Waals surface area contributed by atoms with Gasteiger partial charge in [-0.05, 0) is 31.8 Å². The zero-order valence-electron chi connectivity index (χ0n) is 6.42. The smallest absolute Gasteiger partial charge is 0.327 e. The number of carboxylic acid groups (broad SMARTS) is 1. The average Bonchev–Trinajstić information content (AvgIpc) is 2.03. The van der Waals surface area contributed by atoms with Gasteiger partial charge < -0.3 is 10.4 Å². The predicted molar refractivity (Wildman–Crippen MR) is 42.4 cm³/mol. The van der Waals surface area contributed by atoms with E-state index in [0.717, 1.165) is 25.9 Å². The third-order valence-corrected chi connectivity index (χ3v) is 1.89. The fourth-order valence-electron chi connectivity index (χ4n) is 1.26. The Bertz CT molecular complexity index is 159. The molecule has 1 fully saturated rings. The van der Waals surface area contributed by atoms with E-state index < -0.39 is 5.97 Å². The molecule has 0 aliphatic carbocycles. The van der Waals surface area contributed by atoms with Crippen molar-refractivity contribution in [3.63, 3.8) is 0 Å². The molecule has 1 aliphatic heterocycles. The highest BCUT2D eigenvalue weighted by Crippen LogP contribution is 2.12. The molecule has 1 aliphatic rings. The first-order valence-electron chi connectivity index (χ1n) is 3.91. The Morgan fingerprint density at radius 3 is 2.64 bits per heavy atom. The second-order valence-electron chi connectivity index (χ2n) is 2.78. The Balaban J connectivity index is 2.29. The number of aliphatic carboxylic acids is 1. The Morgan fingerprint density at radius 2 is 2.09 bits per heavy atom. The highest BCUT2D eigenvalue weighted by Gasteiger charge is 2.09. The van der Waals surface area contributed by atoms with Gasteiger partial charge in [0.25, 0.3) is 0 Å². The monoisotopic (exact) mass is 155 g/mol. The zero-order valence-corrected chi connectivity index (χ0v) is 6.42. The molecular weight excluding hydrogens is 142 g/mol. The normalized spacial score (nSPS) is 20.7. The number of nitrogens with one attached hydrogen (secondary N) is 1. The molecule has 0 bridgehead atoms. The Labute approximate surface area is 66.1 Å².